The first kappa shape index (κ1) is 20.2. The van der Waals surface area contributed by atoms with Gasteiger partial charge < -0.3 is 11.1 Å². The number of halogens is 1. The molecule has 0 aliphatic heterocycles. The molecule has 1 amide bonds. The Balaban J connectivity index is 1.69. The van der Waals surface area contributed by atoms with Crippen molar-refractivity contribution >= 4 is 49.9 Å². The number of nitrogen functional groups attached to an aromatic ring is 1. The summed E-state index contributed by atoms with van der Waals surface area (Å²) in [6.07, 6.45) is 0. The van der Waals surface area contributed by atoms with Gasteiger partial charge in [0.05, 0.1) is 17.1 Å². The highest BCUT2D eigenvalue weighted by Crippen LogP contribution is 2.31. The molecule has 7 heteroatoms. The number of benzene rings is 3. The van der Waals surface area contributed by atoms with Crippen molar-refractivity contribution in [3.8, 4) is 5.69 Å². The number of carbonyl (C=O) groups is 1. The summed E-state index contributed by atoms with van der Waals surface area (Å²) >= 11 is 3.46. The number of nitrogens with two attached hydrogens (primary N) is 1. The Hall–Kier alpha value is -3.71. The van der Waals surface area contributed by atoms with E-state index in [1.54, 1.807) is 4.57 Å². The van der Waals surface area contributed by atoms with Crippen LogP contribution in [-0.2, 0) is 0 Å². The number of amides is 1. The normalized spacial score (nSPS) is 12.2. The van der Waals surface area contributed by atoms with Gasteiger partial charge in [-0.1, -0.05) is 58.4 Å². The van der Waals surface area contributed by atoms with Crippen LogP contribution in [-0.4, -0.2) is 20.4 Å². The SMILES string of the molecule is C[C@@H](NC(=O)c1c(N)n(-c2ccc(Br)cc2)c2nc3ccccc3nc12)c1ccccc1. The Morgan fingerprint density at radius 1 is 0.938 bits per heavy atom. The third-order valence-electron chi connectivity index (χ3n) is 5.46. The summed E-state index contributed by atoms with van der Waals surface area (Å²) in [7, 11) is 0. The molecule has 0 saturated heterocycles. The molecule has 6 nitrogen and oxygen atoms in total. The largest absolute Gasteiger partial charge is 0.384 e. The molecular weight excluding hydrogens is 466 g/mol. The van der Waals surface area contributed by atoms with Crippen molar-refractivity contribution in [2.24, 2.45) is 0 Å². The number of aromatic nitrogens is 3. The van der Waals surface area contributed by atoms with Crippen LogP contribution in [0.5, 0.6) is 0 Å². The van der Waals surface area contributed by atoms with Crippen LogP contribution in [0, 0.1) is 0 Å². The maximum atomic E-state index is 13.4. The van der Waals surface area contributed by atoms with E-state index in [1.807, 2.05) is 85.8 Å². The van der Waals surface area contributed by atoms with Crippen molar-refractivity contribution in [3.05, 3.63) is 94.5 Å². The Morgan fingerprint density at radius 2 is 1.56 bits per heavy atom. The molecule has 3 aromatic carbocycles. The van der Waals surface area contributed by atoms with Gasteiger partial charge in [0, 0.05) is 10.2 Å². The zero-order valence-corrected chi connectivity index (χ0v) is 18.9. The number of nitrogens with zero attached hydrogens (tertiary/aromatic N) is 3. The van der Waals surface area contributed by atoms with Crippen molar-refractivity contribution in [3.63, 3.8) is 0 Å². The monoisotopic (exact) mass is 485 g/mol. The van der Waals surface area contributed by atoms with Crippen LogP contribution < -0.4 is 11.1 Å². The van der Waals surface area contributed by atoms with Crippen LogP contribution >= 0.6 is 15.9 Å². The van der Waals surface area contributed by atoms with E-state index in [-0.39, 0.29) is 11.9 Å². The number of para-hydroxylation sites is 2. The predicted molar refractivity (Wildman–Crippen MR) is 131 cm³/mol. The molecule has 0 fully saturated rings. The molecule has 5 aromatic rings. The number of rotatable bonds is 4. The third kappa shape index (κ3) is 3.50. The number of anilines is 1. The summed E-state index contributed by atoms with van der Waals surface area (Å²) in [5, 5.41) is 3.06. The summed E-state index contributed by atoms with van der Waals surface area (Å²) in [6, 6.07) is 24.9. The molecule has 5 rings (SSSR count). The lowest BCUT2D eigenvalue weighted by Gasteiger charge is -2.14. The van der Waals surface area contributed by atoms with Gasteiger partial charge in [-0.3, -0.25) is 9.36 Å². The van der Waals surface area contributed by atoms with Gasteiger partial charge in [0.25, 0.3) is 5.91 Å². The minimum Gasteiger partial charge on any atom is -0.384 e. The standard InChI is InChI=1S/C25H20BrN5O/c1-15(16-7-3-2-4-8-16)28-25(32)21-22-24(30-20-10-6-5-9-19(20)29-22)31(23(21)27)18-13-11-17(26)12-14-18/h2-15H,27H2,1H3,(H,28,32)/t15-/m1/s1. The van der Waals surface area contributed by atoms with Gasteiger partial charge >= 0.3 is 0 Å². The first-order chi connectivity index (χ1) is 15.5. The fourth-order valence-corrected chi connectivity index (χ4v) is 4.10. The molecule has 0 radical (unpaired) electrons. The molecular formula is C25H20BrN5O. The van der Waals surface area contributed by atoms with Crippen LogP contribution in [0.4, 0.5) is 5.82 Å². The molecule has 2 heterocycles. The molecule has 2 aromatic heterocycles. The Kier molecular flexibility index (Phi) is 5.11. The van der Waals surface area contributed by atoms with Crippen molar-refractivity contribution in [1.29, 1.82) is 0 Å². The number of hydrogen-bond donors (Lipinski definition) is 2. The minimum atomic E-state index is -0.288. The van der Waals surface area contributed by atoms with Gasteiger partial charge in [0.1, 0.15) is 16.9 Å². The van der Waals surface area contributed by atoms with Crippen molar-refractivity contribution in [2.45, 2.75) is 13.0 Å². The van der Waals surface area contributed by atoms with Crippen LogP contribution in [0.25, 0.3) is 27.9 Å². The van der Waals surface area contributed by atoms with Crippen molar-refractivity contribution in [1.82, 2.24) is 19.9 Å². The van der Waals surface area contributed by atoms with Gasteiger partial charge in [0.2, 0.25) is 0 Å². The van der Waals surface area contributed by atoms with Gasteiger partial charge in [0.15, 0.2) is 5.65 Å². The van der Waals surface area contributed by atoms with Gasteiger partial charge in [-0.2, -0.15) is 0 Å². The number of carbonyl (C=O) groups excluding carboxylic acids is 1. The van der Waals surface area contributed by atoms with Gasteiger partial charge in [-0.05, 0) is 48.9 Å². The molecule has 0 aliphatic carbocycles. The highest BCUT2D eigenvalue weighted by molar-refractivity contribution is 9.10. The topological polar surface area (TPSA) is 85.8 Å². The van der Waals surface area contributed by atoms with E-state index in [4.69, 9.17) is 15.7 Å². The van der Waals surface area contributed by atoms with Crippen LogP contribution in [0.3, 0.4) is 0 Å². The van der Waals surface area contributed by atoms with E-state index in [1.165, 1.54) is 0 Å². The molecule has 1 atom stereocenters. The first-order valence-corrected chi connectivity index (χ1v) is 11.0. The summed E-state index contributed by atoms with van der Waals surface area (Å²) in [6.45, 7) is 1.94. The van der Waals surface area contributed by atoms with Crippen molar-refractivity contribution in [2.75, 3.05) is 5.73 Å². The average molecular weight is 486 g/mol. The zero-order chi connectivity index (χ0) is 22.2. The lowest BCUT2D eigenvalue weighted by atomic mass is 10.1. The van der Waals surface area contributed by atoms with E-state index in [0.29, 0.717) is 28.1 Å². The highest BCUT2D eigenvalue weighted by atomic mass is 79.9. The number of hydrogen-bond acceptors (Lipinski definition) is 4. The van der Waals surface area contributed by atoms with Gasteiger partial charge in [-0.25, -0.2) is 9.97 Å². The molecule has 3 N–H and O–H groups in total. The zero-order valence-electron chi connectivity index (χ0n) is 17.3. The molecule has 158 valence electrons. The number of nitrogens with one attached hydrogen (secondary N) is 1. The van der Waals surface area contributed by atoms with E-state index < -0.39 is 0 Å². The maximum absolute atomic E-state index is 13.4. The second kappa shape index (κ2) is 8.09. The summed E-state index contributed by atoms with van der Waals surface area (Å²) in [5.74, 6) is 0.0136. The summed E-state index contributed by atoms with van der Waals surface area (Å²) < 4.78 is 2.73. The smallest absolute Gasteiger partial charge is 0.257 e. The molecule has 0 unspecified atom stereocenters. The van der Waals surface area contributed by atoms with E-state index in [9.17, 15) is 4.79 Å². The van der Waals surface area contributed by atoms with Crippen LogP contribution in [0.15, 0.2) is 83.3 Å². The fourth-order valence-electron chi connectivity index (χ4n) is 3.83. The predicted octanol–water partition coefficient (Wildman–Crippen LogP) is 5.41. The lowest BCUT2D eigenvalue weighted by Crippen LogP contribution is -2.27. The Morgan fingerprint density at radius 3 is 2.25 bits per heavy atom. The molecule has 0 bridgehead atoms. The van der Waals surface area contributed by atoms with Crippen LogP contribution in [0.1, 0.15) is 28.9 Å². The molecule has 32 heavy (non-hydrogen) atoms. The minimum absolute atomic E-state index is 0.192. The Bertz CT molecular complexity index is 1440. The van der Waals surface area contributed by atoms with E-state index >= 15 is 0 Å². The van der Waals surface area contributed by atoms with E-state index in [2.05, 4.69) is 21.2 Å². The molecule has 0 spiro atoms. The average Bonchev–Trinajstić information content (AvgIpc) is 3.09. The summed E-state index contributed by atoms with van der Waals surface area (Å²) in [5.41, 5.74) is 11.2. The third-order valence-corrected chi connectivity index (χ3v) is 5.99. The summed E-state index contributed by atoms with van der Waals surface area (Å²) in [4.78, 5) is 23.0. The maximum Gasteiger partial charge on any atom is 0.257 e. The lowest BCUT2D eigenvalue weighted by molar-refractivity contribution is 0.0942. The number of fused-ring (bicyclic) bond motifs is 2. The fraction of sp³-hybridized carbons (Fsp3) is 0.0800. The second-order valence-corrected chi connectivity index (χ2v) is 8.48. The van der Waals surface area contributed by atoms with Crippen LogP contribution in [0.2, 0.25) is 0 Å². The van der Waals surface area contributed by atoms with E-state index in [0.717, 1.165) is 21.2 Å². The Labute approximate surface area is 193 Å². The molecule has 0 saturated carbocycles. The molecule has 0 aliphatic rings. The highest BCUT2D eigenvalue weighted by Gasteiger charge is 2.25. The van der Waals surface area contributed by atoms with Crippen molar-refractivity contribution < 1.29 is 4.79 Å². The van der Waals surface area contributed by atoms with Gasteiger partial charge in [-0.15, -0.1) is 0 Å². The second-order valence-electron chi connectivity index (χ2n) is 7.56. The quantitative estimate of drug-likeness (QED) is 0.356. The first-order valence-electron chi connectivity index (χ1n) is 10.2.